The summed E-state index contributed by atoms with van der Waals surface area (Å²) in [4.78, 5) is 25.8. The minimum Gasteiger partial charge on any atom is -0.343 e. The molecule has 2 heterocycles. The maximum atomic E-state index is 13.2. The Bertz CT molecular complexity index is 1380. The maximum Gasteiger partial charge on any atom is 0.276 e. The van der Waals surface area contributed by atoms with Crippen LogP contribution in [0.3, 0.4) is 0 Å². The highest BCUT2D eigenvalue weighted by atomic mass is 19.1. The van der Waals surface area contributed by atoms with Crippen LogP contribution in [0.15, 0.2) is 53.5 Å². The van der Waals surface area contributed by atoms with Crippen LogP contribution in [0.2, 0.25) is 0 Å². The predicted octanol–water partition coefficient (Wildman–Crippen LogP) is 4.26. The highest BCUT2D eigenvalue weighted by Crippen LogP contribution is 2.23. The number of nitrogens with one attached hydrogen (secondary N) is 1. The van der Waals surface area contributed by atoms with E-state index in [0.29, 0.717) is 11.9 Å². The molecule has 164 valence electrons. The van der Waals surface area contributed by atoms with Crippen molar-refractivity contribution in [2.75, 3.05) is 5.32 Å². The number of carbonyl (C=O) groups is 1. The van der Waals surface area contributed by atoms with Gasteiger partial charge >= 0.3 is 0 Å². The Morgan fingerprint density at radius 1 is 1.03 bits per heavy atom. The Labute approximate surface area is 185 Å². The molecule has 0 saturated heterocycles. The van der Waals surface area contributed by atoms with E-state index in [1.807, 2.05) is 50.5 Å². The molecule has 2 aromatic heterocycles. The average Bonchev–Trinajstić information content (AvgIpc) is 3.00. The molecule has 0 unspecified atom stereocenters. The van der Waals surface area contributed by atoms with Gasteiger partial charge in [-0.15, -0.1) is 0 Å². The lowest BCUT2D eigenvalue weighted by atomic mass is 10.1. The van der Waals surface area contributed by atoms with Crippen molar-refractivity contribution >= 4 is 22.4 Å². The maximum absolute atomic E-state index is 13.2. The first-order valence-electron chi connectivity index (χ1n) is 10.4. The molecule has 0 saturated carbocycles. The fourth-order valence-electron chi connectivity index (χ4n) is 3.98. The van der Waals surface area contributed by atoms with Gasteiger partial charge in [-0.3, -0.25) is 9.59 Å². The summed E-state index contributed by atoms with van der Waals surface area (Å²) in [6.45, 7) is 8.06. The van der Waals surface area contributed by atoms with Gasteiger partial charge in [0.2, 0.25) is 5.91 Å². The first-order valence-corrected chi connectivity index (χ1v) is 10.4. The molecular formula is C25H25FN4O2. The Morgan fingerprint density at radius 3 is 2.47 bits per heavy atom. The number of fused-ring (bicyclic) bond motifs is 1. The monoisotopic (exact) mass is 432 g/mol. The van der Waals surface area contributed by atoms with Crippen molar-refractivity contribution in [2.45, 2.75) is 40.8 Å². The SMILES string of the molecule is Cc1cccc(NC(=O)Cn2ncc3c(C)n(Cc4ccc(F)cc4)c(C)c3c2=O)c1C. The number of hydrogen-bond acceptors (Lipinski definition) is 3. The first kappa shape index (κ1) is 21.5. The number of halogens is 1. The second kappa shape index (κ2) is 8.42. The predicted molar refractivity (Wildman–Crippen MR) is 124 cm³/mol. The lowest BCUT2D eigenvalue weighted by Crippen LogP contribution is -2.29. The van der Waals surface area contributed by atoms with Crippen LogP contribution in [0, 0.1) is 33.5 Å². The van der Waals surface area contributed by atoms with Crippen LogP contribution >= 0.6 is 0 Å². The number of rotatable bonds is 5. The Hall–Kier alpha value is -3.74. The van der Waals surface area contributed by atoms with Crippen LogP contribution in [-0.2, 0) is 17.9 Å². The smallest absolute Gasteiger partial charge is 0.276 e. The quantitative estimate of drug-likeness (QED) is 0.512. The van der Waals surface area contributed by atoms with E-state index < -0.39 is 0 Å². The van der Waals surface area contributed by atoms with Crippen molar-refractivity contribution in [1.29, 1.82) is 0 Å². The van der Waals surface area contributed by atoms with Crippen LogP contribution in [0.1, 0.15) is 28.1 Å². The number of hydrogen-bond donors (Lipinski definition) is 1. The summed E-state index contributed by atoms with van der Waals surface area (Å²) in [5.41, 5.74) is 5.10. The zero-order valence-corrected chi connectivity index (χ0v) is 18.6. The fourth-order valence-corrected chi connectivity index (χ4v) is 3.98. The summed E-state index contributed by atoms with van der Waals surface area (Å²) >= 11 is 0. The molecule has 1 amide bonds. The molecule has 6 nitrogen and oxygen atoms in total. The number of carbonyl (C=O) groups excluding carboxylic acids is 1. The third-order valence-electron chi connectivity index (χ3n) is 6.03. The van der Waals surface area contributed by atoms with Gasteiger partial charge in [0.15, 0.2) is 0 Å². The topological polar surface area (TPSA) is 68.9 Å². The van der Waals surface area contributed by atoms with Crippen LogP contribution in [-0.4, -0.2) is 20.3 Å². The van der Waals surface area contributed by atoms with E-state index in [1.54, 1.807) is 18.3 Å². The molecule has 0 radical (unpaired) electrons. The van der Waals surface area contributed by atoms with Crippen LogP contribution in [0.5, 0.6) is 0 Å². The van der Waals surface area contributed by atoms with Crippen molar-refractivity contribution in [2.24, 2.45) is 0 Å². The molecular weight excluding hydrogens is 407 g/mol. The molecule has 0 aliphatic heterocycles. The van der Waals surface area contributed by atoms with Gasteiger partial charge in [-0.05, 0) is 62.6 Å². The van der Waals surface area contributed by atoms with Gasteiger partial charge in [-0.25, -0.2) is 9.07 Å². The fraction of sp³-hybridized carbons (Fsp3) is 0.240. The molecule has 4 rings (SSSR count). The van der Waals surface area contributed by atoms with Gasteiger partial charge in [-0.2, -0.15) is 5.10 Å². The largest absolute Gasteiger partial charge is 0.343 e. The highest BCUT2D eigenvalue weighted by Gasteiger charge is 2.18. The molecule has 32 heavy (non-hydrogen) atoms. The second-order valence-electron chi connectivity index (χ2n) is 8.08. The minimum absolute atomic E-state index is 0.177. The van der Waals surface area contributed by atoms with E-state index in [9.17, 15) is 14.0 Å². The molecule has 0 aliphatic carbocycles. The standard InChI is InChI=1S/C25H25FN4O2/c1-15-6-5-7-22(16(15)2)28-23(31)14-30-25(32)24-18(4)29(17(3)21(24)12-27-30)13-19-8-10-20(26)11-9-19/h5-12H,13-14H2,1-4H3,(H,28,31). The number of anilines is 1. The van der Waals surface area contributed by atoms with Crippen molar-refractivity contribution in [1.82, 2.24) is 14.3 Å². The Morgan fingerprint density at radius 2 is 1.75 bits per heavy atom. The van der Waals surface area contributed by atoms with Crippen LogP contribution in [0.25, 0.3) is 10.8 Å². The van der Waals surface area contributed by atoms with Gasteiger partial charge < -0.3 is 9.88 Å². The normalized spacial score (nSPS) is 11.2. The third kappa shape index (κ3) is 3.93. The van der Waals surface area contributed by atoms with Crippen molar-refractivity contribution in [3.63, 3.8) is 0 Å². The highest BCUT2D eigenvalue weighted by molar-refractivity contribution is 5.92. The van der Waals surface area contributed by atoms with E-state index in [4.69, 9.17) is 0 Å². The van der Waals surface area contributed by atoms with Crippen molar-refractivity contribution in [3.8, 4) is 0 Å². The van der Waals surface area contributed by atoms with E-state index in [1.165, 1.54) is 16.8 Å². The molecule has 7 heteroatoms. The zero-order valence-electron chi connectivity index (χ0n) is 18.6. The molecule has 0 aliphatic rings. The molecule has 4 aromatic rings. The van der Waals surface area contributed by atoms with Gasteiger partial charge in [0, 0.05) is 29.0 Å². The molecule has 0 atom stereocenters. The Kier molecular flexibility index (Phi) is 5.65. The first-order chi connectivity index (χ1) is 15.3. The number of aryl methyl sites for hydroxylation is 3. The second-order valence-corrected chi connectivity index (χ2v) is 8.08. The molecule has 0 fully saturated rings. The summed E-state index contributed by atoms with van der Waals surface area (Å²) in [6, 6.07) is 12.0. The molecule has 2 aromatic carbocycles. The summed E-state index contributed by atoms with van der Waals surface area (Å²) in [6.07, 6.45) is 1.63. The van der Waals surface area contributed by atoms with E-state index >= 15 is 0 Å². The van der Waals surface area contributed by atoms with Gasteiger partial charge in [0.05, 0.1) is 11.6 Å². The summed E-state index contributed by atoms with van der Waals surface area (Å²) in [5, 5.41) is 8.40. The van der Waals surface area contributed by atoms with Crippen LogP contribution in [0.4, 0.5) is 10.1 Å². The number of amides is 1. The van der Waals surface area contributed by atoms with Crippen molar-refractivity contribution < 1.29 is 9.18 Å². The summed E-state index contributed by atoms with van der Waals surface area (Å²) in [7, 11) is 0. The molecule has 0 spiro atoms. The van der Waals surface area contributed by atoms with E-state index in [-0.39, 0.29) is 23.8 Å². The van der Waals surface area contributed by atoms with E-state index in [2.05, 4.69) is 10.4 Å². The lowest BCUT2D eigenvalue weighted by molar-refractivity contribution is -0.117. The minimum atomic E-state index is -0.312. The van der Waals surface area contributed by atoms with E-state index in [0.717, 1.165) is 39.2 Å². The summed E-state index contributed by atoms with van der Waals surface area (Å²) < 4.78 is 16.4. The van der Waals surface area contributed by atoms with Crippen molar-refractivity contribution in [3.05, 3.63) is 92.9 Å². The molecule has 1 N–H and O–H groups in total. The zero-order chi connectivity index (χ0) is 23.0. The number of aromatic nitrogens is 3. The lowest BCUT2D eigenvalue weighted by Gasteiger charge is -2.11. The van der Waals surface area contributed by atoms with Gasteiger partial charge in [0.25, 0.3) is 5.56 Å². The van der Waals surface area contributed by atoms with Gasteiger partial charge in [-0.1, -0.05) is 24.3 Å². The third-order valence-corrected chi connectivity index (χ3v) is 6.03. The summed E-state index contributed by atoms with van der Waals surface area (Å²) in [5.74, 6) is -0.598. The number of nitrogens with zero attached hydrogens (tertiary/aromatic N) is 3. The van der Waals surface area contributed by atoms with Gasteiger partial charge in [0.1, 0.15) is 12.4 Å². The van der Waals surface area contributed by atoms with Crippen LogP contribution < -0.4 is 10.9 Å². The average molecular weight is 432 g/mol. The molecule has 0 bridgehead atoms. The Balaban J connectivity index is 1.64. The number of benzene rings is 2.